The molecular formula is C26H48S. The molecule has 1 heterocycles. The highest BCUT2D eigenvalue weighted by Crippen LogP contribution is 2.26. The maximum Gasteiger partial charge on any atom is 0.0345 e. The molecule has 2 rings (SSSR count). The quantitative estimate of drug-likeness (QED) is 0.444. The Hall–Kier alpha value is -1.34. The van der Waals surface area contributed by atoms with E-state index in [2.05, 4.69) is 77.1 Å². The lowest BCUT2D eigenvalue weighted by molar-refractivity contribution is 0.772. The van der Waals surface area contributed by atoms with E-state index in [1.165, 1.54) is 47.8 Å². The molecule has 1 aromatic carbocycles. The van der Waals surface area contributed by atoms with Crippen molar-refractivity contribution in [3.05, 3.63) is 61.0 Å². The largest absolute Gasteiger partial charge is 0.144 e. The maximum atomic E-state index is 3.48. The van der Waals surface area contributed by atoms with Crippen LogP contribution in [0.2, 0.25) is 0 Å². The lowest BCUT2D eigenvalue weighted by Gasteiger charge is -1.94. The van der Waals surface area contributed by atoms with Crippen LogP contribution in [0.4, 0.5) is 0 Å². The third kappa shape index (κ3) is 20.8. The first-order chi connectivity index (χ1) is 13.2. The zero-order valence-corrected chi connectivity index (χ0v) is 20.6. The van der Waals surface area contributed by atoms with E-state index in [0.717, 1.165) is 6.42 Å². The summed E-state index contributed by atoms with van der Waals surface area (Å²) in [5, 5.41) is 3.73. The van der Waals surface area contributed by atoms with Crippen molar-refractivity contribution in [2.24, 2.45) is 0 Å². The lowest BCUT2D eigenvalue weighted by Crippen LogP contribution is -1.77. The van der Waals surface area contributed by atoms with Crippen LogP contribution >= 0.6 is 11.3 Å². The Bertz CT molecular complexity index is 480. The van der Waals surface area contributed by atoms with Gasteiger partial charge in [0.05, 0.1) is 0 Å². The van der Waals surface area contributed by atoms with Gasteiger partial charge in [0.15, 0.2) is 0 Å². The topological polar surface area (TPSA) is 0 Å². The molecular weight excluding hydrogens is 344 g/mol. The fourth-order valence-corrected chi connectivity index (χ4v) is 2.85. The van der Waals surface area contributed by atoms with E-state index < -0.39 is 0 Å². The Balaban J connectivity index is -0.000000149. The Labute approximate surface area is 176 Å². The van der Waals surface area contributed by atoms with E-state index in [4.69, 9.17) is 0 Å². The average Bonchev–Trinajstić information content (AvgIpc) is 3.17. The van der Waals surface area contributed by atoms with Gasteiger partial charge in [0, 0.05) is 4.70 Å². The predicted octanol–water partition coefficient (Wildman–Crippen LogP) is 10.5. The van der Waals surface area contributed by atoms with Crippen LogP contribution in [0, 0.1) is 0 Å². The van der Waals surface area contributed by atoms with Crippen LogP contribution in [0.5, 0.6) is 0 Å². The van der Waals surface area contributed by atoms with Crippen LogP contribution in [0.15, 0.2) is 55.5 Å². The molecule has 0 amide bonds. The molecule has 2 aromatic rings. The van der Waals surface area contributed by atoms with E-state index >= 15 is 0 Å². The summed E-state index contributed by atoms with van der Waals surface area (Å²) in [6.45, 7) is 26.2. The summed E-state index contributed by atoms with van der Waals surface area (Å²) in [6.07, 6.45) is 9.48. The van der Waals surface area contributed by atoms with Gasteiger partial charge < -0.3 is 0 Å². The van der Waals surface area contributed by atoms with Gasteiger partial charge in [0.1, 0.15) is 0 Å². The highest BCUT2D eigenvalue weighted by atomic mass is 32.1. The molecule has 0 N–H and O–H groups in total. The Morgan fingerprint density at radius 1 is 0.852 bits per heavy atom. The fraction of sp³-hybridized carbons (Fsp3) is 0.538. The zero-order valence-electron chi connectivity index (χ0n) is 19.7. The maximum absolute atomic E-state index is 3.48. The molecule has 1 aromatic heterocycles. The normalized spacial score (nSPS) is 7.85. The molecule has 0 radical (unpaired) electrons. The van der Waals surface area contributed by atoms with Crippen molar-refractivity contribution in [2.45, 2.75) is 93.9 Å². The van der Waals surface area contributed by atoms with Gasteiger partial charge in [-0.3, -0.25) is 0 Å². The van der Waals surface area contributed by atoms with Gasteiger partial charge in [-0.05, 0) is 35.2 Å². The molecule has 1 heteroatoms. The number of hydrogen-bond donors (Lipinski definition) is 0. The predicted molar refractivity (Wildman–Crippen MR) is 135 cm³/mol. The van der Waals surface area contributed by atoms with Crippen LogP contribution in [0.3, 0.4) is 0 Å². The smallest absolute Gasteiger partial charge is 0.0345 e. The number of rotatable bonds is 5. The number of fused-ring (bicyclic) bond motifs is 1. The van der Waals surface area contributed by atoms with E-state index in [-0.39, 0.29) is 0 Å². The Kier molecular flexibility index (Phi) is 39.8. The van der Waals surface area contributed by atoms with Gasteiger partial charge in [0.2, 0.25) is 0 Å². The van der Waals surface area contributed by atoms with Crippen LogP contribution in [0.25, 0.3) is 10.1 Å². The monoisotopic (exact) mass is 392 g/mol. The number of unbranched alkanes of at least 4 members (excludes halogenated alkanes) is 2. The van der Waals surface area contributed by atoms with Crippen molar-refractivity contribution in [1.82, 2.24) is 0 Å². The fourth-order valence-electron chi connectivity index (χ4n) is 1.85. The minimum absolute atomic E-state index is 1.08. The van der Waals surface area contributed by atoms with Gasteiger partial charge in [-0.25, -0.2) is 0 Å². The first-order valence-corrected chi connectivity index (χ1v) is 11.7. The molecule has 0 aliphatic carbocycles. The van der Waals surface area contributed by atoms with Gasteiger partial charge in [-0.15, -0.1) is 31.1 Å². The number of hydrogen-bond acceptors (Lipinski definition) is 1. The minimum Gasteiger partial charge on any atom is -0.144 e. The zero-order chi connectivity index (χ0) is 21.9. The molecule has 158 valence electrons. The molecule has 0 nitrogen and oxygen atoms in total. The van der Waals surface area contributed by atoms with E-state index in [1.807, 2.05) is 45.1 Å². The van der Waals surface area contributed by atoms with Gasteiger partial charge >= 0.3 is 0 Å². The van der Waals surface area contributed by atoms with Crippen LogP contribution in [-0.4, -0.2) is 0 Å². The summed E-state index contributed by atoms with van der Waals surface area (Å²) in [7, 11) is 0. The molecule has 0 unspecified atom stereocenters. The number of benzene rings is 1. The summed E-state index contributed by atoms with van der Waals surface area (Å²) < 4.78 is 1.42. The van der Waals surface area contributed by atoms with E-state index in [9.17, 15) is 0 Å². The second kappa shape index (κ2) is 32.3. The highest BCUT2D eigenvalue weighted by molar-refractivity contribution is 7.17. The van der Waals surface area contributed by atoms with Crippen LogP contribution in [0.1, 0.15) is 93.1 Å². The lowest BCUT2D eigenvalue weighted by atomic mass is 10.1. The molecule has 0 aliphatic heterocycles. The van der Waals surface area contributed by atoms with Crippen LogP contribution < -0.4 is 0 Å². The van der Waals surface area contributed by atoms with Crippen LogP contribution in [-0.2, 0) is 6.42 Å². The third-order valence-electron chi connectivity index (χ3n) is 3.08. The number of aryl methyl sites for hydroxylation is 1. The van der Waals surface area contributed by atoms with Crippen molar-refractivity contribution < 1.29 is 0 Å². The molecule has 0 fully saturated rings. The van der Waals surface area contributed by atoms with Crippen molar-refractivity contribution in [3.63, 3.8) is 0 Å². The third-order valence-corrected chi connectivity index (χ3v) is 4.09. The summed E-state index contributed by atoms with van der Waals surface area (Å²) in [4.78, 5) is 0. The molecule has 0 aliphatic rings. The average molecular weight is 393 g/mol. The summed E-state index contributed by atoms with van der Waals surface area (Å²) in [6, 6.07) is 8.64. The molecule has 0 saturated heterocycles. The molecule has 0 spiro atoms. The van der Waals surface area contributed by atoms with Crippen molar-refractivity contribution >= 4 is 21.4 Å². The number of thiophene rings is 1. The molecule has 0 atom stereocenters. The van der Waals surface area contributed by atoms with E-state index in [0.29, 0.717) is 0 Å². The number of allylic oxidation sites excluding steroid dienone is 1. The van der Waals surface area contributed by atoms with Gasteiger partial charge in [-0.1, -0.05) is 105 Å². The van der Waals surface area contributed by atoms with Crippen molar-refractivity contribution in [3.8, 4) is 0 Å². The minimum atomic E-state index is 1.08. The highest BCUT2D eigenvalue weighted by Gasteiger charge is 2.00. The Morgan fingerprint density at radius 2 is 1.33 bits per heavy atom. The molecule has 0 bridgehead atoms. The summed E-state index contributed by atoms with van der Waals surface area (Å²) in [5.41, 5.74) is 1.51. The van der Waals surface area contributed by atoms with Gasteiger partial charge in [-0.2, -0.15) is 0 Å². The Morgan fingerprint density at radius 3 is 1.70 bits per heavy atom. The van der Waals surface area contributed by atoms with Gasteiger partial charge in [0.25, 0.3) is 0 Å². The second-order valence-electron chi connectivity index (χ2n) is 5.06. The van der Waals surface area contributed by atoms with E-state index in [1.54, 1.807) is 0 Å². The van der Waals surface area contributed by atoms with Crippen molar-refractivity contribution in [1.29, 1.82) is 0 Å². The first kappa shape index (κ1) is 33.3. The SMILES string of the molecule is C=C.C=CCC.CC.CC.CCCCC.CCCc1csc2ccccc12. The molecule has 27 heavy (non-hydrogen) atoms. The standard InChI is InChI=1S/C11H12S.C5H12.C4H8.2C2H6.C2H4/c1-2-5-9-8-12-11-7-4-3-6-10(9)11;1-3-5-4-2;1-3-4-2;3*1-2/h3-4,6-8H,2,5H2,1H3;3-5H2,1-2H3;3H,1,4H2,2H3;2*1-2H3;1-2H2. The van der Waals surface area contributed by atoms with Crippen molar-refractivity contribution in [2.75, 3.05) is 0 Å². The summed E-state index contributed by atoms with van der Waals surface area (Å²) >= 11 is 1.85. The summed E-state index contributed by atoms with van der Waals surface area (Å²) in [5.74, 6) is 0. The second-order valence-corrected chi connectivity index (χ2v) is 5.97. The first-order valence-electron chi connectivity index (χ1n) is 10.8. The molecule has 0 saturated carbocycles.